The minimum atomic E-state index is -0.276. The third-order valence-corrected chi connectivity index (χ3v) is 6.16. The lowest BCUT2D eigenvalue weighted by atomic mass is 9.92. The van der Waals surface area contributed by atoms with E-state index in [-0.39, 0.29) is 5.63 Å². The second kappa shape index (κ2) is 6.28. The number of rotatable bonds is 2. The monoisotopic (exact) mass is 342 g/mol. The molecule has 2 aromatic rings. The van der Waals surface area contributed by atoms with Crippen LogP contribution in [0.5, 0.6) is 0 Å². The molecular formula is C19H22N2O2S. The molecule has 1 aromatic heterocycles. The summed E-state index contributed by atoms with van der Waals surface area (Å²) in [6.45, 7) is 4.04. The molecule has 0 spiro atoms. The first kappa shape index (κ1) is 15.8. The quantitative estimate of drug-likeness (QED) is 0.841. The maximum atomic E-state index is 11.9. The summed E-state index contributed by atoms with van der Waals surface area (Å²) in [5.74, 6) is 0.732. The summed E-state index contributed by atoms with van der Waals surface area (Å²) >= 11 is 1.70. The van der Waals surface area contributed by atoms with Crippen LogP contribution in [0.4, 0.5) is 0 Å². The van der Waals surface area contributed by atoms with E-state index in [0.29, 0.717) is 17.7 Å². The highest BCUT2D eigenvalue weighted by Crippen LogP contribution is 2.30. The predicted octanol–water partition coefficient (Wildman–Crippen LogP) is 3.91. The largest absolute Gasteiger partial charge is 0.422 e. The van der Waals surface area contributed by atoms with Crippen LogP contribution in [-0.2, 0) is 5.75 Å². The molecule has 1 aliphatic carbocycles. The number of hydrogen-bond acceptors (Lipinski definition) is 5. The van der Waals surface area contributed by atoms with Gasteiger partial charge in [0.1, 0.15) is 5.58 Å². The molecular weight excluding hydrogens is 320 g/mol. The van der Waals surface area contributed by atoms with Crippen molar-refractivity contribution >= 4 is 27.9 Å². The Labute approximate surface area is 145 Å². The molecule has 2 heterocycles. The Morgan fingerprint density at radius 3 is 2.96 bits per heavy atom. The molecule has 24 heavy (non-hydrogen) atoms. The fourth-order valence-electron chi connectivity index (χ4n) is 3.65. The highest BCUT2D eigenvalue weighted by atomic mass is 32.2. The number of fused-ring (bicyclic) bond motifs is 2. The van der Waals surface area contributed by atoms with Crippen molar-refractivity contribution in [2.24, 2.45) is 4.99 Å². The van der Waals surface area contributed by atoms with E-state index in [4.69, 9.17) is 9.41 Å². The van der Waals surface area contributed by atoms with Crippen molar-refractivity contribution in [2.75, 3.05) is 0 Å². The van der Waals surface area contributed by atoms with E-state index in [1.807, 2.05) is 13.8 Å². The first-order chi connectivity index (χ1) is 11.6. The Balaban J connectivity index is 1.59. The number of hydrogen-bond donors (Lipinski definition) is 1. The Kier molecular flexibility index (Phi) is 4.12. The highest BCUT2D eigenvalue weighted by Gasteiger charge is 2.30. The lowest BCUT2D eigenvalue weighted by Crippen LogP contribution is -2.36. The van der Waals surface area contributed by atoms with Crippen LogP contribution in [0.15, 0.2) is 32.4 Å². The highest BCUT2D eigenvalue weighted by molar-refractivity contribution is 8.13. The third kappa shape index (κ3) is 2.86. The van der Waals surface area contributed by atoms with E-state index >= 15 is 0 Å². The zero-order valence-electron chi connectivity index (χ0n) is 14.1. The summed E-state index contributed by atoms with van der Waals surface area (Å²) in [4.78, 5) is 16.8. The number of nitrogens with zero attached hydrogens (tertiary/aromatic N) is 1. The summed E-state index contributed by atoms with van der Waals surface area (Å²) < 4.78 is 5.45. The van der Waals surface area contributed by atoms with Crippen molar-refractivity contribution in [3.05, 3.63) is 45.3 Å². The lowest BCUT2D eigenvalue weighted by Gasteiger charge is -2.23. The van der Waals surface area contributed by atoms with Crippen molar-refractivity contribution in [1.29, 1.82) is 0 Å². The van der Waals surface area contributed by atoms with Crippen molar-refractivity contribution in [3.63, 3.8) is 0 Å². The first-order valence-electron chi connectivity index (χ1n) is 8.62. The average Bonchev–Trinajstić information content (AvgIpc) is 2.99. The fraction of sp³-hybridized carbons (Fsp3) is 0.474. The molecule has 0 bridgehead atoms. The minimum absolute atomic E-state index is 0.276. The SMILES string of the molecule is Cc1ccc2c(CSC3=NC4CCCCC4N3)cc(=O)oc2c1C. The van der Waals surface area contributed by atoms with Gasteiger partial charge in [-0.25, -0.2) is 4.79 Å². The maximum Gasteiger partial charge on any atom is 0.336 e. The number of aryl methyl sites for hydroxylation is 2. The Hall–Kier alpha value is -1.75. The van der Waals surface area contributed by atoms with Gasteiger partial charge >= 0.3 is 5.63 Å². The molecule has 126 valence electrons. The van der Waals surface area contributed by atoms with E-state index in [1.54, 1.807) is 17.8 Å². The molecule has 1 fully saturated rings. The van der Waals surface area contributed by atoms with Gasteiger partial charge in [-0.2, -0.15) is 0 Å². The molecule has 0 radical (unpaired) electrons. The molecule has 1 saturated carbocycles. The Morgan fingerprint density at radius 1 is 1.29 bits per heavy atom. The second-order valence-electron chi connectivity index (χ2n) is 6.80. The topological polar surface area (TPSA) is 54.6 Å². The number of benzene rings is 1. The average molecular weight is 342 g/mol. The van der Waals surface area contributed by atoms with Gasteiger partial charge in [-0.1, -0.05) is 36.7 Å². The van der Waals surface area contributed by atoms with Crippen LogP contribution in [0, 0.1) is 13.8 Å². The van der Waals surface area contributed by atoms with Crippen LogP contribution < -0.4 is 10.9 Å². The fourth-order valence-corrected chi connectivity index (χ4v) is 4.63. The van der Waals surface area contributed by atoms with Gasteiger partial charge < -0.3 is 9.73 Å². The maximum absolute atomic E-state index is 11.9. The van der Waals surface area contributed by atoms with E-state index in [0.717, 1.165) is 33.0 Å². The van der Waals surface area contributed by atoms with E-state index in [9.17, 15) is 4.79 Å². The molecule has 5 heteroatoms. The third-order valence-electron chi connectivity index (χ3n) is 5.20. The number of amidine groups is 1. The molecule has 4 rings (SSSR count). The van der Waals surface area contributed by atoms with E-state index < -0.39 is 0 Å². The van der Waals surface area contributed by atoms with Gasteiger partial charge in [-0.05, 0) is 43.4 Å². The molecule has 0 saturated heterocycles. The molecule has 2 atom stereocenters. The summed E-state index contributed by atoms with van der Waals surface area (Å²) in [5.41, 5.74) is 3.64. The molecule has 2 aliphatic rings. The van der Waals surface area contributed by atoms with Gasteiger partial charge in [-0.3, -0.25) is 4.99 Å². The summed E-state index contributed by atoms with van der Waals surface area (Å²) in [7, 11) is 0. The summed E-state index contributed by atoms with van der Waals surface area (Å²) in [5, 5.41) is 5.61. The van der Waals surface area contributed by atoms with Crippen LogP contribution in [-0.4, -0.2) is 17.3 Å². The summed E-state index contributed by atoms with van der Waals surface area (Å²) in [6, 6.07) is 6.73. The van der Waals surface area contributed by atoms with Crippen LogP contribution in [0.1, 0.15) is 42.4 Å². The van der Waals surface area contributed by atoms with Gasteiger partial charge in [0.05, 0.1) is 12.1 Å². The number of nitrogens with one attached hydrogen (secondary N) is 1. The second-order valence-corrected chi connectivity index (χ2v) is 7.76. The molecule has 4 nitrogen and oxygen atoms in total. The van der Waals surface area contributed by atoms with Gasteiger partial charge in [0.25, 0.3) is 0 Å². The smallest absolute Gasteiger partial charge is 0.336 e. The van der Waals surface area contributed by atoms with Crippen LogP contribution in [0.25, 0.3) is 11.0 Å². The molecule has 1 N–H and O–H groups in total. The van der Waals surface area contributed by atoms with Crippen LogP contribution in [0.3, 0.4) is 0 Å². The molecule has 1 aromatic carbocycles. The van der Waals surface area contributed by atoms with Crippen molar-refractivity contribution < 1.29 is 4.42 Å². The van der Waals surface area contributed by atoms with Crippen LogP contribution >= 0.6 is 11.8 Å². The lowest BCUT2D eigenvalue weighted by molar-refractivity contribution is 0.385. The van der Waals surface area contributed by atoms with Gasteiger partial charge in [0.2, 0.25) is 0 Å². The van der Waals surface area contributed by atoms with E-state index in [2.05, 4.69) is 17.4 Å². The van der Waals surface area contributed by atoms with Gasteiger partial charge in [0.15, 0.2) is 5.17 Å². The van der Waals surface area contributed by atoms with Gasteiger partial charge in [-0.15, -0.1) is 0 Å². The van der Waals surface area contributed by atoms with Crippen molar-refractivity contribution in [2.45, 2.75) is 57.4 Å². The van der Waals surface area contributed by atoms with Gasteiger partial charge in [0, 0.05) is 17.2 Å². The van der Waals surface area contributed by atoms with Crippen molar-refractivity contribution in [3.8, 4) is 0 Å². The predicted molar refractivity (Wildman–Crippen MR) is 99.9 cm³/mol. The molecule has 0 amide bonds. The number of aliphatic imine (C=N–C) groups is 1. The standard InChI is InChI=1S/C19H22N2O2S/c1-11-7-8-14-13(9-17(22)23-18(14)12(11)2)10-24-19-20-15-5-3-4-6-16(15)21-19/h7-9,15-16H,3-6,10H2,1-2H3,(H,20,21). The van der Waals surface area contributed by atoms with Crippen LogP contribution in [0.2, 0.25) is 0 Å². The Morgan fingerprint density at radius 2 is 2.12 bits per heavy atom. The Bertz CT molecular complexity index is 872. The molecule has 2 unspecified atom stereocenters. The molecule has 1 aliphatic heterocycles. The minimum Gasteiger partial charge on any atom is -0.422 e. The zero-order valence-corrected chi connectivity index (χ0v) is 14.9. The first-order valence-corrected chi connectivity index (χ1v) is 9.60. The van der Waals surface area contributed by atoms with E-state index in [1.165, 1.54) is 25.7 Å². The summed E-state index contributed by atoms with van der Waals surface area (Å²) in [6.07, 6.45) is 4.99. The van der Waals surface area contributed by atoms with Crippen molar-refractivity contribution in [1.82, 2.24) is 5.32 Å². The normalized spacial score (nSPS) is 23.0. The number of thioether (sulfide) groups is 1. The zero-order chi connectivity index (χ0) is 16.7.